The fourth-order valence-corrected chi connectivity index (χ4v) is 2.32. The van der Waals surface area contributed by atoms with E-state index < -0.39 is 0 Å². The van der Waals surface area contributed by atoms with Crippen molar-refractivity contribution in [2.24, 2.45) is 5.92 Å². The van der Waals surface area contributed by atoms with Gasteiger partial charge in [0.2, 0.25) is 5.91 Å². The molecule has 1 aromatic heterocycles. The van der Waals surface area contributed by atoms with E-state index in [2.05, 4.69) is 22.5 Å². The highest BCUT2D eigenvalue weighted by atomic mass is 32.1. The molecule has 2 heterocycles. The molecule has 0 radical (unpaired) electrons. The van der Waals surface area contributed by atoms with Gasteiger partial charge in [0, 0.05) is 11.6 Å². The topological polar surface area (TPSA) is 54.0 Å². The molecule has 82 valence electrons. The summed E-state index contributed by atoms with van der Waals surface area (Å²) in [5.74, 6) is 0.662. The van der Waals surface area contributed by atoms with Crippen LogP contribution in [0.2, 0.25) is 0 Å². The van der Waals surface area contributed by atoms with Gasteiger partial charge >= 0.3 is 0 Å². The van der Waals surface area contributed by atoms with Crippen molar-refractivity contribution in [3.05, 3.63) is 11.6 Å². The van der Waals surface area contributed by atoms with E-state index in [4.69, 9.17) is 0 Å². The Balaban J connectivity index is 1.90. The minimum absolute atomic E-state index is 0.0384. The fourth-order valence-electron chi connectivity index (χ4n) is 1.78. The number of carbonyl (C=O) groups is 1. The first-order chi connectivity index (χ1) is 7.25. The van der Waals surface area contributed by atoms with Crippen LogP contribution in [0.15, 0.2) is 11.6 Å². The Kier molecular flexibility index (Phi) is 3.33. The third kappa shape index (κ3) is 2.76. The second-order valence-corrected chi connectivity index (χ2v) is 4.86. The number of hydrogen-bond acceptors (Lipinski definition) is 4. The number of carbonyl (C=O) groups excluding carboxylic acids is 1. The summed E-state index contributed by atoms with van der Waals surface area (Å²) in [6, 6.07) is -0.0577. The molecule has 1 fully saturated rings. The molecule has 1 aliphatic heterocycles. The lowest BCUT2D eigenvalue weighted by Gasteiger charge is -2.26. The van der Waals surface area contributed by atoms with Gasteiger partial charge in [-0.2, -0.15) is 0 Å². The molecule has 15 heavy (non-hydrogen) atoms. The second kappa shape index (κ2) is 4.72. The van der Waals surface area contributed by atoms with Gasteiger partial charge in [-0.3, -0.25) is 4.79 Å². The number of anilines is 1. The van der Waals surface area contributed by atoms with Gasteiger partial charge in [0.25, 0.3) is 0 Å². The quantitative estimate of drug-likeness (QED) is 0.801. The predicted octanol–water partition coefficient (Wildman–Crippen LogP) is 1.47. The zero-order valence-electron chi connectivity index (χ0n) is 8.69. The number of piperidine rings is 1. The normalized spacial score (nSPS) is 26.2. The molecule has 1 saturated heterocycles. The van der Waals surface area contributed by atoms with Crippen molar-refractivity contribution in [3.8, 4) is 0 Å². The van der Waals surface area contributed by atoms with Crippen molar-refractivity contribution in [1.82, 2.24) is 10.3 Å². The van der Waals surface area contributed by atoms with Crippen LogP contribution in [0.5, 0.6) is 0 Å². The number of thiazole rings is 1. The predicted molar refractivity (Wildman–Crippen MR) is 60.9 cm³/mol. The average Bonchev–Trinajstić information content (AvgIpc) is 2.70. The monoisotopic (exact) mass is 225 g/mol. The first kappa shape index (κ1) is 10.6. The van der Waals surface area contributed by atoms with Crippen LogP contribution in [-0.4, -0.2) is 23.5 Å². The zero-order chi connectivity index (χ0) is 10.7. The summed E-state index contributed by atoms with van der Waals surface area (Å²) in [7, 11) is 0. The van der Waals surface area contributed by atoms with Gasteiger partial charge < -0.3 is 10.6 Å². The van der Waals surface area contributed by atoms with Crippen molar-refractivity contribution in [1.29, 1.82) is 0 Å². The van der Waals surface area contributed by atoms with Gasteiger partial charge in [-0.1, -0.05) is 6.92 Å². The number of nitrogens with one attached hydrogen (secondary N) is 2. The highest BCUT2D eigenvalue weighted by molar-refractivity contribution is 7.13. The van der Waals surface area contributed by atoms with E-state index >= 15 is 0 Å². The highest BCUT2D eigenvalue weighted by Crippen LogP contribution is 2.17. The maximum absolute atomic E-state index is 11.8. The van der Waals surface area contributed by atoms with E-state index in [0.717, 1.165) is 19.4 Å². The Labute approximate surface area is 93.1 Å². The minimum atomic E-state index is -0.0577. The van der Waals surface area contributed by atoms with Crippen molar-refractivity contribution < 1.29 is 4.79 Å². The molecule has 2 N–H and O–H groups in total. The van der Waals surface area contributed by atoms with Gasteiger partial charge in [0.05, 0.1) is 6.04 Å². The lowest BCUT2D eigenvalue weighted by Crippen LogP contribution is -2.45. The van der Waals surface area contributed by atoms with Gasteiger partial charge in [-0.05, 0) is 25.3 Å². The Morgan fingerprint density at radius 1 is 1.73 bits per heavy atom. The molecular weight excluding hydrogens is 210 g/mol. The van der Waals surface area contributed by atoms with E-state index in [0.29, 0.717) is 11.0 Å². The molecule has 5 heteroatoms. The fraction of sp³-hybridized carbons (Fsp3) is 0.600. The first-order valence-electron chi connectivity index (χ1n) is 5.19. The Morgan fingerprint density at radius 2 is 2.60 bits per heavy atom. The van der Waals surface area contributed by atoms with Crippen LogP contribution in [0.4, 0.5) is 5.13 Å². The summed E-state index contributed by atoms with van der Waals surface area (Å²) in [4.78, 5) is 15.8. The zero-order valence-corrected chi connectivity index (χ0v) is 9.51. The highest BCUT2D eigenvalue weighted by Gasteiger charge is 2.24. The number of amides is 1. The molecular formula is C10H15N3OS. The lowest BCUT2D eigenvalue weighted by molar-refractivity contribution is -0.119. The Hall–Kier alpha value is -0.940. The van der Waals surface area contributed by atoms with Crippen LogP contribution in [-0.2, 0) is 4.79 Å². The van der Waals surface area contributed by atoms with Gasteiger partial charge in [0.1, 0.15) is 0 Å². The van der Waals surface area contributed by atoms with Crippen LogP contribution in [0.1, 0.15) is 19.8 Å². The average molecular weight is 225 g/mol. The van der Waals surface area contributed by atoms with E-state index in [-0.39, 0.29) is 11.9 Å². The molecule has 1 amide bonds. The number of aromatic nitrogens is 1. The third-order valence-corrected chi connectivity index (χ3v) is 3.33. The number of nitrogens with zero attached hydrogens (tertiary/aromatic N) is 1. The van der Waals surface area contributed by atoms with E-state index in [1.54, 1.807) is 6.20 Å². The Morgan fingerprint density at radius 3 is 3.27 bits per heavy atom. The minimum Gasteiger partial charge on any atom is -0.306 e. The largest absolute Gasteiger partial charge is 0.306 e. The van der Waals surface area contributed by atoms with E-state index in [1.165, 1.54) is 11.3 Å². The van der Waals surface area contributed by atoms with Crippen LogP contribution in [0.3, 0.4) is 0 Å². The summed E-state index contributed by atoms with van der Waals surface area (Å²) in [5, 5.41) is 8.58. The van der Waals surface area contributed by atoms with Crippen LogP contribution < -0.4 is 10.6 Å². The number of rotatable bonds is 2. The first-order valence-corrected chi connectivity index (χ1v) is 6.07. The van der Waals surface area contributed by atoms with Gasteiger partial charge in [-0.25, -0.2) is 4.98 Å². The van der Waals surface area contributed by atoms with E-state index in [9.17, 15) is 4.79 Å². The Bertz CT molecular complexity index is 325. The molecule has 0 aliphatic carbocycles. The summed E-state index contributed by atoms with van der Waals surface area (Å²) in [6.07, 6.45) is 3.76. The molecule has 0 spiro atoms. The number of hydrogen-bond donors (Lipinski definition) is 2. The molecule has 2 unspecified atom stereocenters. The molecule has 1 aliphatic rings. The smallest absolute Gasteiger partial charge is 0.243 e. The van der Waals surface area contributed by atoms with Crippen LogP contribution in [0, 0.1) is 5.92 Å². The summed E-state index contributed by atoms with van der Waals surface area (Å²) in [6.45, 7) is 3.11. The van der Waals surface area contributed by atoms with Crippen LogP contribution >= 0.6 is 11.3 Å². The maximum Gasteiger partial charge on any atom is 0.243 e. The van der Waals surface area contributed by atoms with E-state index in [1.807, 2.05) is 5.38 Å². The maximum atomic E-state index is 11.8. The summed E-state index contributed by atoms with van der Waals surface area (Å²) < 4.78 is 0. The van der Waals surface area contributed by atoms with Gasteiger partial charge in [0.15, 0.2) is 5.13 Å². The van der Waals surface area contributed by atoms with Crippen LogP contribution in [0.25, 0.3) is 0 Å². The molecule has 4 nitrogen and oxygen atoms in total. The molecule has 0 bridgehead atoms. The third-order valence-electron chi connectivity index (χ3n) is 2.64. The van der Waals surface area contributed by atoms with Crippen molar-refractivity contribution >= 4 is 22.4 Å². The van der Waals surface area contributed by atoms with Gasteiger partial charge in [-0.15, -0.1) is 11.3 Å². The van der Waals surface area contributed by atoms with Crippen molar-refractivity contribution in [3.63, 3.8) is 0 Å². The second-order valence-electron chi connectivity index (χ2n) is 3.96. The molecule has 0 aromatic carbocycles. The molecule has 0 saturated carbocycles. The summed E-state index contributed by atoms with van der Waals surface area (Å²) >= 11 is 1.45. The van der Waals surface area contributed by atoms with Crippen molar-refractivity contribution in [2.45, 2.75) is 25.8 Å². The lowest BCUT2D eigenvalue weighted by atomic mass is 9.94. The molecule has 2 rings (SSSR count). The molecule has 1 aromatic rings. The SMILES string of the molecule is CC1CCNC(C(=O)Nc2nccs2)C1. The molecule has 2 atom stereocenters. The van der Waals surface area contributed by atoms with Crippen molar-refractivity contribution in [2.75, 3.05) is 11.9 Å². The summed E-state index contributed by atoms with van der Waals surface area (Å²) in [5.41, 5.74) is 0. The standard InChI is InChI=1S/C10H15N3OS/c1-7-2-3-11-8(6-7)9(14)13-10-12-4-5-15-10/h4-5,7-8,11H,2-3,6H2,1H3,(H,12,13,14).